The lowest BCUT2D eigenvalue weighted by Gasteiger charge is -2.42. The molecule has 2 aliphatic rings. The van der Waals surface area contributed by atoms with Crippen LogP contribution in [0.3, 0.4) is 0 Å². The number of carbonyl (C=O) groups excluding carboxylic acids is 2. The van der Waals surface area contributed by atoms with Gasteiger partial charge in [0.05, 0.1) is 0 Å². The van der Waals surface area contributed by atoms with E-state index in [-0.39, 0.29) is 17.7 Å². The van der Waals surface area contributed by atoms with Crippen LogP contribution in [0.5, 0.6) is 5.75 Å². The van der Waals surface area contributed by atoms with E-state index < -0.39 is 18.3 Å². The third-order valence-corrected chi connectivity index (χ3v) is 6.58. The molecule has 1 spiro atoms. The second-order valence-corrected chi connectivity index (χ2v) is 9.30. The van der Waals surface area contributed by atoms with E-state index in [0.29, 0.717) is 35.7 Å². The molecule has 1 saturated carbocycles. The van der Waals surface area contributed by atoms with Crippen LogP contribution in [0.1, 0.15) is 66.3 Å². The van der Waals surface area contributed by atoms with Crippen molar-refractivity contribution >= 4 is 17.7 Å². The lowest BCUT2D eigenvalue weighted by Crippen LogP contribution is -2.52. The number of nitrogens with zero attached hydrogens (tertiary/aromatic N) is 2. The number of alkyl halides is 2. The lowest BCUT2D eigenvalue weighted by atomic mass is 9.72. The highest BCUT2D eigenvalue weighted by Gasteiger charge is 2.46. The van der Waals surface area contributed by atoms with Gasteiger partial charge < -0.3 is 14.8 Å². The topological polar surface area (TPSA) is 118 Å². The van der Waals surface area contributed by atoms with Gasteiger partial charge in [0, 0.05) is 17.3 Å². The first-order chi connectivity index (χ1) is 16.6. The molecule has 2 heterocycles. The average molecular weight is 490 g/mol. The minimum absolute atomic E-state index is 0.0145. The number of aromatic nitrogens is 2. The van der Waals surface area contributed by atoms with E-state index in [1.807, 2.05) is 20.8 Å². The van der Waals surface area contributed by atoms with Crippen molar-refractivity contribution in [1.29, 1.82) is 0 Å². The lowest BCUT2D eigenvalue weighted by molar-refractivity contribution is -0.0498. The Morgan fingerprint density at radius 1 is 1.29 bits per heavy atom. The zero-order valence-electron chi connectivity index (χ0n) is 19.9. The molecule has 35 heavy (non-hydrogen) atoms. The number of hydrogen-bond acceptors (Lipinski definition) is 6. The summed E-state index contributed by atoms with van der Waals surface area (Å²) in [6.45, 7) is 2.68. The molecule has 2 amide bonds. The second kappa shape index (κ2) is 10.0. The van der Waals surface area contributed by atoms with Crippen LogP contribution in [0.4, 0.5) is 13.6 Å². The van der Waals surface area contributed by atoms with Gasteiger partial charge in [0.25, 0.3) is 5.91 Å². The van der Waals surface area contributed by atoms with E-state index in [1.54, 1.807) is 12.1 Å². The van der Waals surface area contributed by atoms with Crippen molar-refractivity contribution < 1.29 is 27.8 Å². The summed E-state index contributed by atoms with van der Waals surface area (Å²) in [6, 6.07) is 6.28. The third-order valence-electron chi connectivity index (χ3n) is 6.58. The number of aromatic amines is 1. The smallest absolute Gasteiger partial charge is 0.428 e. The molecule has 1 aliphatic heterocycles. The highest BCUT2D eigenvalue weighted by atomic mass is 19.3. The largest absolute Gasteiger partial charge is 0.435 e. The van der Waals surface area contributed by atoms with E-state index in [2.05, 4.69) is 30.8 Å². The van der Waals surface area contributed by atoms with E-state index >= 15 is 0 Å². The normalized spacial score (nSPS) is 22.9. The molecule has 1 atom stereocenters. The minimum atomic E-state index is -2.95. The maximum atomic E-state index is 12.8. The van der Waals surface area contributed by atoms with Gasteiger partial charge in [0.2, 0.25) is 0 Å². The Labute approximate surface area is 201 Å². The number of carbonyl (C=O) groups is 2. The zero-order valence-corrected chi connectivity index (χ0v) is 19.9. The minimum Gasteiger partial charge on any atom is -0.435 e. The fourth-order valence-electron chi connectivity index (χ4n) is 4.90. The summed E-state index contributed by atoms with van der Waals surface area (Å²) < 4.78 is 35.9. The molecule has 1 aliphatic carbocycles. The number of hydrogen-bond donors (Lipinski definition) is 3. The Morgan fingerprint density at radius 3 is 2.69 bits per heavy atom. The van der Waals surface area contributed by atoms with Crippen LogP contribution in [0.15, 0.2) is 29.4 Å². The fraction of sp³-hybridized carbons (Fsp3) is 0.500. The monoisotopic (exact) mass is 489 g/mol. The molecule has 9 nitrogen and oxygen atoms in total. The van der Waals surface area contributed by atoms with Crippen molar-refractivity contribution in [3.05, 3.63) is 46.8 Å². The first-order valence-corrected chi connectivity index (χ1v) is 11.6. The van der Waals surface area contributed by atoms with Gasteiger partial charge in [0.15, 0.2) is 5.60 Å². The van der Waals surface area contributed by atoms with Gasteiger partial charge >= 0.3 is 12.7 Å². The van der Waals surface area contributed by atoms with Crippen LogP contribution in [-0.4, -0.2) is 46.2 Å². The molecule has 188 valence electrons. The zero-order chi connectivity index (χ0) is 25.2. The quantitative estimate of drug-likeness (QED) is 0.539. The highest BCUT2D eigenvalue weighted by Crippen LogP contribution is 2.41. The van der Waals surface area contributed by atoms with E-state index in [4.69, 9.17) is 4.74 Å². The first-order valence-electron chi connectivity index (χ1n) is 11.6. The molecule has 0 saturated heterocycles. The van der Waals surface area contributed by atoms with E-state index in [0.717, 1.165) is 30.5 Å². The average Bonchev–Trinajstić information content (AvgIpc) is 3.23. The maximum absolute atomic E-state index is 12.8. The van der Waals surface area contributed by atoms with Crippen molar-refractivity contribution in [2.45, 2.75) is 71.1 Å². The predicted octanol–water partition coefficient (Wildman–Crippen LogP) is 4.21. The summed E-state index contributed by atoms with van der Waals surface area (Å²) in [7, 11) is 0. The molecule has 1 aromatic carbocycles. The number of benzene rings is 1. The molecule has 4 rings (SSSR count). The maximum Gasteiger partial charge on any atom is 0.428 e. The number of aryl methyl sites for hydroxylation is 2. The molecule has 3 N–H and O–H groups in total. The van der Waals surface area contributed by atoms with Crippen LogP contribution in [0.2, 0.25) is 0 Å². The van der Waals surface area contributed by atoms with Crippen LogP contribution in [-0.2, 0) is 4.74 Å². The molecule has 1 aromatic heterocycles. The highest BCUT2D eigenvalue weighted by molar-refractivity contribution is 6.10. The van der Waals surface area contributed by atoms with Gasteiger partial charge in [0.1, 0.15) is 17.2 Å². The summed E-state index contributed by atoms with van der Waals surface area (Å²) in [5.74, 6) is 0.0965. The molecule has 0 unspecified atom stereocenters. The van der Waals surface area contributed by atoms with Gasteiger partial charge in [-0.25, -0.2) is 10.2 Å². The summed E-state index contributed by atoms with van der Waals surface area (Å²) in [5.41, 5.74) is 4.47. The van der Waals surface area contributed by atoms with Crippen molar-refractivity contribution in [2.75, 3.05) is 0 Å². The number of amides is 2. The van der Waals surface area contributed by atoms with Crippen molar-refractivity contribution in [3.63, 3.8) is 0 Å². The van der Waals surface area contributed by atoms with Crippen molar-refractivity contribution in [2.24, 2.45) is 11.0 Å². The number of H-pyrrole nitrogens is 1. The number of ether oxygens (including phenoxy) is 2. The molecule has 0 radical (unpaired) electrons. The molecule has 1 fully saturated rings. The van der Waals surface area contributed by atoms with Gasteiger partial charge in [-0.15, -0.1) is 0 Å². The Morgan fingerprint density at radius 2 is 2.03 bits per heavy atom. The third kappa shape index (κ3) is 5.60. The van der Waals surface area contributed by atoms with Crippen LogP contribution >= 0.6 is 0 Å². The van der Waals surface area contributed by atoms with Gasteiger partial charge in [-0.2, -0.15) is 19.0 Å². The summed E-state index contributed by atoms with van der Waals surface area (Å²) in [6.07, 6.45) is 2.69. The SMILES string of the molecule is Cc1cc(C(=O)N[C@@H](C)CC2CCC3(CC2)OC(=O)NN=C3c2cc(OC(F)F)ccc2C)n[nH]1. The number of rotatable bonds is 7. The van der Waals surface area contributed by atoms with Gasteiger partial charge in [-0.1, -0.05) is 6.07 Å². The molecular weight excluding hydrogens is 460 g/mol. The summed E-state index contributed by atoms with van der Waals surface area (Å²) in [5, 5.41) is 14.0. The van der Waals surface area contributed by atoms with Crippen LogP contribution < -0.4 is 15.5 Å². The summed E-state index contributed by atoms with van der Waals surface area (Å²) in [4.78, 5) is 24.5. The second-order valence-electron chi connectivity index (χ2n) is 9.30. The van der Waals surface area contributed by atoms with Crippen molar-refractivity contribution in [1.82, 2.24) is 20.9 Å². The molecular formula is C24H29F2N5O4. The Bertz CT molecular complexity index is 1120. The Hall–Kier alpha value is -3.50. The van der Waals surface area contributed by atoms with Crippen LogP contribution in [0, 0.1) is 19.8 Å². The standard InChI is InChI=1S/C24H29F2N5O4/c1-13-4-5-17(34-22(25)26)12-18(13)20-24(35-23(33)31-30-20)8-6-16(7-9-24)10-14(2)27-21(32)19-11-15(3)28-29-19/h4-5,11-12,14,16,22H,6-10H2,1-3H3,(H,27,32)(H,28,29)(H,31,33)/t14-,16?,24?/m0/s1. The molecule has 2 aromatic rings. The number of hydrazone groups is 1. The first kappa shape index (κ1) is 24.6. The van der Waals surface area contributed by atoms with Crippen molar-refractivity contribution in [3.8, 4) is 5.75 Å². The Balaban J connectivity index is 1.44. The van der Waals surface area contributed by atoms with E-state index in [9.17, 15) is 18.4 Å². The van der Waals surface area contributed by atoms with E-state index in [1.165, 1.54) is 12.1 Å². The predicted molar refractivity (Wildman–Crippen MR) is 124 cm³/mol. The fourth-order valence-corrected chi connectivity index (χ4v) is 4.90. The molecule has 0 bridgehead atoms. The molecule has 11 heteroatoms. The Kier molecular flexibility index (Phi) is 7.04. The van der Waals surface area contributed by atoms with Crippen LogP contribution in [0.25, 0.3) is 0 Å². The van der Waals surface area contributed by atoms with Gasteiger partial charge in [-0.05, 0) is 82.6 Å². The summed E-state index contributed by atoms with van der Waals surface area (Å²) >= 11 is 0. The number of nitrogens with one attached hydrogen (secondary N) is 3. The van der Waals surface area contributed by atoms with Gasteiger partial charge in [-0.3, -0.25) is 9.89 Å². The number of halogens is 2.